The molecule has 0 bridgehead atoms. The molecule has 8 rings (SSSR count). The van der Waals surface area contributed by atoms with Gasteiger partial charge in [0, 0.05) is 59.9 Å². The van der Waals surface area contributed by atoms with E-state index in [9.17, 15) is 14.4 Å². The van der Waals surface area contributed by atoms with Gasteiger partial charge in [-0.15, -0.1) is 0 Å². The molecule has 5 aromatic heterocycles. The molecule has 0 saturated carbocycles. The van der Waals surface area contributed by atoms with Crippen LogP contribution in [0.25, 0.3) is 55.6 Å². The van der Waals surface area contributed by atoms with Crippen molar-refractivity contribution in [1.82, 2.24) is 29.9 Å². The summed E-state index contributed by atoms with van der Waals surface area (Å²) in [6.07, 6.45) is 14.3. The van der Waals surface area contributed by atoms with Gasteiger partial charge < -0.3 is 34.5 Å². The number of aromatic nitrogens is 6. The number of carbonyl (C=O) groups is 3. The van der Waals surface area contributed by atoms with E-state index in [-0.39, 0.29) is 43.2 Å². The smallest absolute Gasteiger partial charge is 0.753 e. The maximum atomic E-state index is 10.8. The average molecular weight is 1050 g/mol. The van der Waals surface area contributed by atoms with Crippen molar-refractivity contribution >= 4 is 70.6 Å². The SMILES string of the molecule is O=COc1ccnc(-c2cc(OC=O)cc(-c3cc(OC=O)ccn3)n2)c1.[C-]#[N+]c1ccc2[n-]c(-c3cc(N(c4ccc(CCCCC)cc4)c4ccc(CCCCC)cc4)ccn3)nc2c1.[N-]=C=S.[Ru+2]. The van der Waals surface area contributed by atoms with Gasteiger partial charge in [-0.2, -0.15) is 5.16 Å². The van der Waals surface area contributed by atoms with Crippen LogP contribution in [0, 0.1) is 6.57 Å². The van der Waals surface area contributed by atoms with Crippen LogP contribution in [0.4, 0.5) is 22.7 Å². The number of thiocarbonyl (C=S) groups is 1. The number of anilines is 3. The minimum atomic E-state index is 0. The summed E-state index contributed by atoms with van der Waals surface area (Å²) in [6.45, 7) is 12.7. The molecule has 71 heavy (non-hydrogen) atoms. The quantitative estimate of drug-likeness (QED) is 0.0175. The predicted octanol–water partition coefficient (Wildman–Crippen LogP) is 12.2. The van der Waals surface area contributed by atoms with E-state index in [4.69, 9.17) is 36.2 Å². The minimum Gasteiger partial charge on any atom is -0.753 e. The van der Waals surface area contributed by atoms with Gasteiger partial charge in [0.2, 0.25) is 0 Å². The van der Waals surface area contributed by atoms with Gasteiger partial charge in [0.25, 0.3) is 19.4 Å². The van der Waals surface area contributed by atoms with Gasteiger partial charge in [-0.25, -0.2) is 9.83 Å². The molecule has 0 unspecified atom stereocenters. The number of hydrogen-bond acceptors (Lipinski definition) is 13. The van der Waals surface area contributed by atoms with Crippen molar-refractivity contribution in [2.45, 2.75) is 65.2 Å². The fourth-order valence-electron chi connectivity index (χ4n) is 7.29. The third kappa shape index (κ3) is 15.4. The van der Waals surface area contributed by atoms with Crippen molar-refractivity contribution < 1.29 is 48.1 Å². The molecule has 0 amide bonds. The van der Waals surface area contributed by atoms with Gasteiger partial charge in [-0.3, -0.25) is 29.3 Å². The molecule has 0 atom stereocenters. The molecule has 0 aliphatic rings. The summed E-state index contributed by atoms with van der Waals surface area (Å²) < 4.78 is 14.5. The summed E-state index contributed by atoms with van der Waals surface area (Å²) in [6, 6.07) is 36.4. The monoisotopic (exact) mass is 1050 g/mol. The van der Waals surface area contributed by atoms with E-state index in [1.165, 1.54) is 104 Å². The molecule has 0 N–H and O–H groups in total. The van der Waals surface area contributed by atoms with Crippen molar-refractivity contribution in [1.29, 1.82) is 0 Å². The normalized spacial score (nSPS) is 10.1. The zero-order valence-electron chi connectivity index (χ0n) is 38.8. The fourth-order valence-corrected chi connectivity index (χ4v) is 7.29. The van der Waals surface area contributed by atoms with Gasteiger partial charge in [0.15, 0.2) is 5.69 Å². The standard InChI is InChI=1S/C35H36N5.C18H11N3O6.CNS.Ru/c1-4-6-8-10-26-12-17-29(18-13-26)40(30-19-14-27(15-20-30)11-9-7-5-2)31-22-23-37-34(25-31)35-38-32-21-16-28(36-3)24-33(32)39-35;22-9-25-12-1-3-19-15(5-12)17-7-14(27-11-24)8-18(21-17)16-6-13(26-10-23)2-4-20-16;2-1-3;/h12-25H,4-11H2,1-2H3;1-11H;;/q-1;;-1;+2. The van der Waals surface area contributed by atoms with Crippen LogP contribution in [0.2, 0.25) is 0 Å². The van der Waals surface area contributed by atoms with E-state index < -0.39 is 0 Å². The summed E-state index contributed by atoms with van der Waals surface area (Å²) in [5, 5.41) is 8.47. The van der Waals surface area contributed by atoms with E-state index in [0.717, 1.165) is 35.4 Å². The van der Waals surface area contributed by atoms with Crippen molar-refractivity contribution in [3.05, 3.63) is 162 Å². The third-order valence-corrected chi connectivity index (χ3v) is 10.6. The average Bonchev–Trinajstić information content (AvgIpc) is 3.82. The number of carbonyl (C=O) groups excluding carboxylic acids is 3. The first kappa shape index (κ1) is 53.8. The Morgan fingerprint density at radius 3 is 1.58 bits per heavy atom. The van der Waals surface area contributed by atoms with Crippen LogP contribution in [0.15, 0.2) is 134 Å². The van der Waals surface area contributed by atoms with Crippen molar-refractivity contribution in [3.63, 3.8) is 0 Å². The zero-order chi connectivity index (χ0) is 49.5. The number of imidazole rings is 1. The Bertz CT molecular complexity index is 2960. The topological polar surface area (TPSA) is 187 Å². The Kier molecular flexibility index (Phi) is 21.5. The summed E-state index contributed by atoms with van der Waals surface area (Å²) in [5.74, 6) is 1.33. The Hall–Kier alpha value is -8.15. The molecule has 0 spiro atoms. The Morgan fingerprint density at radius 2 is 1.08 bits per heavy atom. The van der Waals surface area contributed by atoms with Crippen LogP contribution < -0.4 is 24.1 Å². The summed E-state index contributed by atoms with van der Waals surface area (Å²) >= 11 is 3.70. The van der Waals surface area contributed by atoms with Gasteiger partial charge in [0.1, 0.15) is 17.2 Å². The number of isothiocyanates is 1. The van der Waals surface area contributed by atoms with Crippen molar-refractivity contribution in [2.75, 3.05) is 4.90 Å². The number of hydrogen-bond donors (Lipinski definition) is 0. The van der Waals surface area contributed by atoms with Gasteiger partial charge >= 0.3 is 19.5 Å². The molecular weight excluding hydrogens is 1000 g/mol. The maximum absolute atomic E-state index is 10.8. The summed E-state index contributed by atoms with van der Waals surface area (Å²) in [5.41, 5.74) is 10.2. The summed E-state index contributed by atoms with van der Waals surface area (Å²) in [4.78, 5) is 64.4. The second-order valence-corrected chi connectivity index (χ2v) is 15.6. The number of aryl methyl sites for hydroxylation is 2. The maximum Gasteiger partial charge on any atom is 2.00 e. The number of ether oxygens (including phenoxy) is 3. The first-order valence-corrected chi connectivity index (χ1v) is 22.8. The molecule has 0 radical (unpaired) electrons. The van der Waals surface area contributed by atoms with Crippen LogP contribution in [-0.2, 0) is 46.7 Å². The van der Waals surface area contributed by atoms with Crippen molar-refractivity contribution in [2.24, 2.45) is 0 Å². The van der Waals surface area contributed by atoms with E-state index in [2.05, 4.69) is 104 Å². The van der Waals surface area contributed by atoms with Gasteiger partial charge in [-0.1, -0.05) is 94.2 Å². The van der Waals surface area contributed by atoms with Crippen LogP contribution in [0.5, 0.6) is 17.2 Å². The number of unbranched alkanes of at least 4 members (excludes halogenated alkanes) is 4. The molecule has 5 heterocycles. The van der Waals surface area contributed by atoms with E-state index in [1.54, 1.807) is 12.1 Å². The van der Waals surface area contributed by atoms with Crippen LogP contribution in [-0.4, -0.2) is 49.5 Å². The Labute approximate surface area is 429 Å². The second-order valence-electron chi connectivity index (χ2n) is 15.4. The van der Waals surface area contributed by atoms with Gasteiger partial charge in [0.05, 0.1) is 35.0 Å². The molecule has 0 aliphatic heterocycles. The zero-order valence-corrected chi connectivity index (χ0v) is 41.4. The molecule has 3 aromatic carbocycles. The minimum absolute atomic E-state index is 0. The fraction of sp³-hybridized carbons (Fsp3) is 0.185. The third-order valence-electron chi connectivity index (χ3n) is 10.6. The molecule has 358 valence electrons. The molecule has 0 saturated heterocycles. The first-order valence-electron chi connectivity index (χ1n) is 22.4. The van der Waals surface area contributed by atoms with E-state index >= 15 is 0 Å². The predicted molar refractivity (Wildman–Crippen MR) is 272 cm³/mol. The summed E-state index contributed by atoms with van der Waals surface area (Å²) in [7, 11) is 0. The first-order chi connectivity index (χ1) is 34.3. The molecule has 15 nitrogen and oxygen atoms in total. The number of rotatable bonds is 20. The molecule has 0 aliphatic carbocycles. The molecule has 8 aromatic rings. The second kappa shape index (κ2) is 28.4. The molecule has 17 heteroatoms. The molecule has 0 fully saturated rings. The van der Waals surface area contributed by atoms with Crippen LogP contribution >= 0.6 is 12.2 Å². The van der Waals surface area contributed by atoms with Gasteiger partial charge in [-0.05, 0) is 102 Å². The Balaban J connectivity index is 0.000000263. The van der Waals surface area contributed by atoms with Crippen LogP contribution in [0.3, 0.4) is 0 Å². The number of pyridine rings is 4. The van der Waals surface area contributed by atoms with E-state index in [1.807, 2.05) is 24.4 Å². The van der Waals surface area contributed by atoms with E-state index in [0.29, 0.717) is 58.4 Å². The number of fused-ring (bicyclic) bond motifs is 1. The van der Waals surface area contributed by atoms with Crippen LogP contribution in [0.1, 0.15) is 63.5 Å². The molecular formula is C54H47N9O6RuS. The van der Waals surface area contributed by atoms with Crippen molar-refractivity contribution in [3.8, 4) is 51.5 Å². The number of benzene rings is 3. The number of nitrogens with zero attached hydrogens (tertiary/aromatic N) is 9. The largest absolute Gasteiger partial charge is 2.00 e. The Morgan fingerprint density at radius 1 is 0.606 bits per heavy atom.